The Morgan fingerprint density at radius 2 is 0.534 bits per heavy atom. The van der Waals surface area contributed by atoms with Gasteiger partial charge >= 0.3 is 29.1 Å². The molecule has 8 saturated heterocycles. The lowest BCUT2D eigenvalue weighted by atomic mass is 9.70. The van der Waals surface area contributed by atoms with E-state index in [-0.39, 0.29) is 82.3 Å². The first-order valence-electron chi connectivity index (χ1n) is 47.2. The van der Waals surface area contributed by atoms with Crippen LogP contribution in [0, 0.1) is 20.8 Å². The topological polar surface area (TPSA) is 228 Å². The van der Waals surface area contributed by atoms with Crippen LogP contribution < -0.4 is 22.0 Å². The number of methoxy groups -OCH3 is 4. The summed E-state index contributed by atoms with van der Waals surface area (Å²) in [6.07, 6.45) is 13.8. The number of urea groups is 2. The maximum atomic E-state index is 12.6. The normalized spacial score (nSPS) is 19.5. The molecule has 23 nitrogen and oxygen atoms in total. The summed E-state index contributed by atoms with van der Waals surface area (Å²) < 4.78 is 55.1. The van der Waals surface area contributed by atoms with Gasteiger partial charge in [-0.25, -0.2) is 37.7 Å². The summed E-state index contributed by atoms with van der Waals surface area (Å²) in [6.45, 7) is 20.6. The van der Waals surface area contributed by atoms with Gasteiger partial charge in [-0.15, -0.1) is 0 Å². The molecule has 10 aromatic carbocycles. The fourth-order valence-electron chi connectivity index (χ4n) is 17.3. The lowest BCUT2D eigenvalue weighted by Gasteiger charge is -2.32. The molecule has 133 heavy (non-hydrogen) atoms. The number of rotatable bonds is 38. The maximum Gasteiger partial charge on any atom is 0.336 e. The largest absolute Gasteiger partial charge is 0.373 e. The van der Waals surface area contributed by atoms with Crippen LogP contribution in [-0.2, 0) is 111 Å². The molecule has 8 fully saturated rings. The summed E-state index contributed by atoms with van der Waals surface area (Å²) in [6, 6.07) is 87.6. The van der Waals surface area contributed by atoms with E-state index in [2.05, 4.69) is 290 Å². The predicted octanol–water partition coefficient (Wildman–Crippen LogP) is 18.6. The van der Waals surface area contributed by atoms with Gasteiger partial charge < -0.3 is 52.3 Å². The summed E-state index contributed by atoms with van der Waals surface area (Å²) in [5.74, 6) is 0. The van der Waals surface area contributed by atoms with Crippen LogP contribution >= 0.6 is 0 Å². The molecule has 19 rings (SSSR count). The second-order valence-electron chi connectivity index (χ2n) is 36.2. The molecule has 6 unspecified atom stereocenters. The molecule has 0 radical (unpaired) electrons. The number of carbonyl (C=O) groups is 2. The van der Waals surface area contributed by atoms with Crippen LogP contribution in [0.1, 0.15) is 133 Å². The van der Waals surface area contributed by atoms with Gasteiger partial charge in [0, 0.05) is 70.2 Å². The molecule has 0 saturated carbocycles. The van der Waals surface area contributed by atoms with Crippen molar-refractivity contribution in [2.24, 2.45) is 0 Å². The number of carbonyl (C=O) groups excluding carboxylic acids is 2. The van der Waals surface area contributed by atoms with Crippen LogP contribution in [0.2, 0.25) is 0 Å². The van der Waals surface area contributed by atoms with Crippen molar-refractivity contribution < 1.29 is 57.0 Å². The van der Waals surface area contributed by atoms with Gasteiger partial charge in [-0.3, -0.25) is 19.6 Å². The molecule has 0 bridgehead atoms. The summed E-state index contributed by atoms with van der Waals surface area (Å²) in [5.41, 5.74) is 25.3. The summed E-state index contributed by atoms with van der Waals surface area (Å²) >= 11 is 0. The van der Waals surface area contributed by atoms with Gasteiger partial charge in [0.25, 0.3) is 0 Å². The third-order valence-corrected chi connectivity index (χ3v) is 25.7. The second kappa shape index (κ2) is 45.5. The number of epoxide rings is 6. The first kappa shape index (κ1) is 96.1. The highest BCUT2D eigenvalue weighted by Crippen LogP contribution is 2.42. The lowest BCUT2D eigenvalue weighted by molar-refractivity contribution is -0.0135. The summed E-state index contributed by atoms with van der Waals surface area (Å²) in [4.78, 5) is 70.4. The van der Waals surface area contributed by atoms with E-state index in [4.69, 9.17) is 47.4 Å². The number of benzene rings is 10. The molecular formula is C110H130N8O15. The zero-order valence-electron chi connectivity index (χ0n) is 79.0. The van der Waals surface area contributed by atoms with E-state index in [9.17, 15) is 24.0 Å². The lowest BCUT2D eigenvalue weighted by Crippen LogP contribution is -2.55. The highest BCUT2D eigenvalue weighted by atomic mass is 16.6. The Kier molecular flexibility index (Phi) is 32.9. The Hall–Kier alpha value is -11.5. The van der Waals surface area contributed by atoms with E-state index < -0.39 is 29.4 Å². The third kappa shape index (κ3) is 25.3. The van der Waals surface area contributed by atoms with Crippen LogP contribution in [0.5, 0.6) is 0 Å². The SMILES string of the molecule is CC(c1ccc(CC2CO2)cc1)(c1ccc(CC2CO2)cc1)c1ccc(CC2CO2)cc1.CCCCc1ccc(N(c2ccc(CCCC)cc2)c2ccc(CCCC)cc2)cc1.COCN1C(=O)N(COC)C2C1N(COC)C(=O)N2COC.Cc1ccc(-c2cc(-c3ccc(C)cc3)cc(-c3ccc(C)cc3)c2)cc1.O=c1n(CC2CO2)c(=O)n(CC2CO2)c(=O)n1CC1CO1. The van der Waals surface area contributed by atoms with Crippen molar-refractivity contribution in [3.8, 4) is 33.4 Å². The number of anilines is 3. The minimum atomic E-state index is -0.594. The predicted molar refractivity (Wildman–Crippen MR) is 521 cm³/mol. The van der Waals surface area contributed by atoms with Crippen LogP contribution in [0.15, 0.2) is 251 Å². The minimum absolute atomic E-state index is 0.0640. The van der Waals surface area contributed by atoms with Crippen LogP contribution in [0.3, 0.4) is 0 Å². The Morgan fingerprint density at radius 3 is 0.744 bits per heavy atom. The Balaban J connectivity index is 0.000000128. The number of hydrogen-bond acceptors (Lipinski definition) is 16. The maximum absolute atomic E-state index is 12.6. The quantitative estimate of drug-likeness (QED) is 0.0259. The van der Waals surface area contributed by atoms with Gasteiger partial charge in [0.2, 0.25) is 0 Å². The van der Waals surface area contributed by atoms with E-state index in [1.165, 1.54) is 204 Å². The Bertz CT molecular complexity index is 5170. The highest BCUT2D eigenvalue weighted by Gasteiger charge is 2.59. The summed E-state index contributed by atoms with van der Waals surface area (Å²) in [7, 11) is 5.97. The zero-order chi connectivity index (χ0) is 93.1. The first-order valence-corrected chi connectivity index (χ1v) is 47.2. The molecule has 8 aliphatic heterocycles. The fraction of sp³-hybridized carbons (Fsp3) is 0.409. The smallest absolute Gasteiger partial charge is 0.336 e. The van der Waals surface area contributed by atoms with Crippen molar-refractivity contribution in [2.45, 2.75) is 200 Å². The van der Waals surface area contributed by atoms with Crippen molar-refractivity contribution in [3.05, 3.63) is 335 Å². The molecule has 23 heteroatoms. The van der Waals surface area contributed by atoms with Gasteiger partial charge in [-0.05, 0) is 204 Å². The Labute approximate surface area is 782 Å². The van der Waals surface area contributed by atoms with Crippen molar-refractivity contribution in [1.82, 2.24) is 33.3 Å². The van der Waals surface area contributed by atoms with Gasteiger partial charge in [-0.2, -0.15) is 0 Å². The van der Waals surface area contributed by atoms with Crippen molar-refractivity contribution >= 4 is 29.1 Å². The number of unbranched alkanes of at least 4 members (excludes halogenated alkanes) is 3. The number of nitrogens with zero attached hydrogens (tertiary/aromatic N) is 8. The number of hydrogen-bond donors (Lipinski definition) is 0. The minimum Gasteiger partial charge on any atom is -0.373 e. The molecule has 0 spiro atoms. The van der Waals surface area contributed by atoms with Gasteiger partial charge in [0.1, 0.15) is 26.9 Å². The van der Waals surface area contributed by atoms with Crippen molar-refractivity contribution in [1.29, 1.82) is 0 Å². The average Bonchev–Trinajstić information content (AvgIpc) is 1.26. The van der Waals surface area contributed by atoms with Crippen LogP contribution in [0.25, 0.3) is 33.4 Å². The molecule has 6 atom stereocenters. The van der Waals surface area contributed by atoms with E-state index in [1.807, 2.05) is 0 Å². The van der Waals surface area contributed by atoms with Gasteiger partial charge in [0.05, 0.1) is 95.9 Å². The molecule has 11 aromatic rings. The number of aryl methyl sites for hydroxylation is 6. The second-order valence-corrected chi connectivity index (χ2v) is 36.2. The van der Waals surface area contributed by atoms with Crippen LogP contribution in [0.4, 0.5) is 26.7 Å². The molecule has 0 aliphatic carbocycles. The van der Waals surface area contributed by atoms with Gasteiger partial charge in [0.15, 0.2) is 12.3 Å². The molecule has 8 aliphatic rings. The average molecular weight is 1800 g/mol. The van der Waals surface area contributed by atoms with E-state index in [0.717, 1.165) is 72.0 Å². The number of ether oxygens (including phenoxy) is 10. The summed E-state index contributed by atoms with van der Waals surface area (Å²) in [5, 5.41) is 0. The highest BCUT2D eigenvalue weighted by molar-refractivity contribution is 5.85. The van der Waals surface area contributed by atoms with Gasteiger partial charge in [-0.1, -0.05) is 239 Å². The molecule has 700 valence electrons. The third-order valence-electron chi connectivity index (χ3n) is 25.7. The Morgan fingerprint density at radius 1 is 0.308 bits per heavy atom. The van der Waals surface area contributed by atoms with E-state index in [1.54, 1.807) is 0 Å². The zero-order valence-corrected chi connectivity index (χ0v) is 79.0. The van der Waals surface area contributed by atoms with Crippen molar-refractivity contribution in [2.75, 3.05) is 99.9 Å². The fourth-order valence-corrected chi connectivity index (χ4v) is 17.3. The van der Waals surface area contributed by atoms with E-state index >= 15 is 0 Å². The molecular weight excluding hydrogens is 1670 g/mol. The number of aromatic nitrogens is 3. The molecule has 1 aromatic heterocycles. The van der Waals surface area contributed by atoms with E-state index in [0.29, 0.717) is 38.1 Å². The van der Waals surface area contributed by atoms with Crippen molar-refractivity contribution in [3.63, 3.8) is 0 Å². The molecule has 9 heterocycles. The van der Waals surface area contributed by atoms with Crippen LogP contribution in [-0.4, -0.2) is 189 Å². The molecule has 4 amide bonds. The number of fused-ring (bicyclic) bond motifs is 1. The standard InChI is InChI=1S/C30H39N.C29H30O3.C27H24.C12H22N4O6.C12H15N3O6/c1-4-7-10-25-13-19-28(20-14-25)31(29-21-15-26(16-22-29)11-8-5-2)30-23-17-27(18-24-30)12-9-6-3;1-29(23-8-2-20(3-9-23)14-26-17-30-26,24-10-4-21(5-11-24)15-27-18-31-27)25-12-6-22(7-13-25)16-28-19-32-28;1-19-4-10-22(11-5-19)25-16-26(23-12-6-20(2)7-13-23)18-27(17-25)24-14-8-21(3)9-15-24;1-19-5-13-9-10(15(7-21-3)11(13)17)16(8-22-4)12(18)14(9)6-20-2;16-10-13(1-7-4-19-7)11(17)15(3-9-6-21-9)12(18)14(10)2-8-5-20-8/h13-24H,4-12H2,1-3H3;2-13,26-28H,14-19H2,1H3;4-18H,1-3H3;9-10H,5-8H2,1-4H3;7-9H,1-6H2. The molecule has 0 N–H and O–H groups in total. The number of amides is 4. The monoisotopic (exact) mass is 1800 g/mol. The first-order chi connectivity index (χ1) is 64.7.